The number of piperidine rings is 2. The van der Waals surface area contributed by atoms with Gasteiger partial charge in [0.25, 0.3) is 15.9 Å². The Bertz CT molecular complexity index is 1680. The largest absolute Gasteiger partial charge is 0.492 e. The molecular weight excluding hydrogens is 565 g/mol. The van der Waals surface area contributed by atoms with Gasteiger partial charge >= 0.3 is 0 Å². The Balaban J connectivity index is 1.03. The zero-order chi connectivity index (χ0) is 29.2. The summed E-state index contributed by atoms with van der Waals surface area (Å²) in [4.78, 5) is 28.8. The molecule has 2 saturated heterocycles. The Labute approximate surface area is 241 Å². The van der Waals surface area contributed by atoms with E-state index in [1.807, 2.05) is 12.1 Å². The summed E-state index contributed by atoms with van der Waals surface area (Å²) in [5, 5.41) is 17.0. The molecule has 5 heterocycles. The molecule has 2 amide bonds. The molecule has 2 unspecified atom stereocenters. The number of carbonyl (C=O) groups is 2. The lowest BCUT2D eigenvalue weighted by Crippen LogP contribution is -2.55. The first kappa shape index (κ1) is 27.0. The third-order valence-electron chi connectivity index (χ3n) is 9.08. The smallest absolute Gasteiger partial charge is 0.282 e. The highest BCUT2D eigenvalue weighted by Crippen LogP contribution is 2.49. The van der Waals surface area contributed by atoms with Crippen molar-refractivity contribution in [1.29, 1.82) is 0 Å². The van der Waals surface area contributed by atoms with Gasteiger partial charge < -0.3 is 20.1 Å². The van der Waals surface area contributed by atoms with E-state index >= 15 is 0 Å². The first-order chi connectivity index (χ1) is 20.1. The van der Waals surface area contributed by atoms with Crippen LogP contribution in [-0.2, 0) is 33.3 Å². The quantitative estimate of drug-likeness (QED) is 0.456. The average molecular weight is 596 g/mol. The van der Waals surface area contributed by atoms with Crippen molar-refractivity contribution in [2.24, 2.45) is 0 Å². The molecule has 0 radical (unpaired) electrons. The van der Waals surface area contributed by atoms with Crippen LogP contribution in [0.15, 0.2) is 53.7 Å². The molecule has 0 aliphatic carbocycles. The van der Waals surface area contributed by atoms with Gasteiger partial charge in [-0.05, 0) is 62.7 Å². The predicted octanol–water partition coefficient (Wildman–Crippen LogP) is 1.74. The van der Waals surface area contributed by atoms with E-state index in [4.69, 9.17) is 4.74 Å². The van der Waals surface area contributed by atoms with Gasteiger partial charge in [-0.3, -0.25) is 14.5 Å². The number of rotatable bonds is 5. The third-order valence-corrected chi connectivity index (χ3v) is 10.6. The van der Waals surface area contributed by atoms with Crippen LogP contribution in [0.1, 0.15) is 52.7 Å². The lowest BCUT2D eigenvalue weighted by Gasteiger charge is -2.38. The van der Waals surface area contributed by atoms with Crippen molar-refractivity contribution in [3.63, 3.8) is 0 Å². The standard InChI is InChI=1S/C29H30FN5O6S/c30-19-1-3-20(4-2-19)42(39,40)35-15-18(13-31-35)14-33-11-9-29(10-12-33)17-41-26-22-16-34(24-7-8-25(36)32-27(24)37)28(38)21(22)5-6-23(26)29/h1-6,13,15,24,27,37H,7-12,14,16-17H2,(H,32,36). The minimum atomic E-state index is -3.91. The highest BCUT2D eigenvalue weighted by atomic mass is 32.2. The lowest BCUT2D eigenvalue weighted by atomic mass is 9.74. The first-order valence-electron chi connectivity index (χ1n) is 14.0. The van der Waals surface area contributed by atoms with Crippen LogP contribution in [0.25, 0.3) is 0 Å². The highest BCUT2D eigenvalue weighted by molar-refractivity contribution is 7.89. The van der Waals surface area contributed by atoms with Crippen LogP contribution < -0.4 is 10.1 Å². The molecule has 13 heteroatoms. The number of halogens is 1. The molecule has 1 aromatic heterocycles. The fraction of sp³-hybridized carbons (Fsp3) is 0.414. The van der Waals surface area contributed by atoms with Crippen LogP contribution in [0.4, 0.5) is 4.39 Å². The molecule has 1 spiro atoms. The topological polar surface area (TPSA) is 134 Å². The lowest BCUT2D eigenvalue weighted by molar-refractivity contribution is -0.129. The van der Waals surface area contributed by atoms with Gasteiger partial charge in [-0.25, -0.2) is 4.39 Å². The summed E-state index contributed by atoms with van der Waals surface area (Å²) >= 11 is 0. The number of likely N-dealkylation sites (tertiary alicyclic amines) is 1. The Morgan fingerprint density at radius 2 is 1.88 bits per heavy atom. The van der Waals surface area contributed by atoms with Crippen molar-refractivity contribution in [1.82, 2.24) is 24.3 Å². The summed E-state index contributed by atoms with van der Waals surface area (Å²) < 4.78 is 46.2. The van der Waals surface area contributed by atoms with E-state index in [1.54, 1.807) is 11.1 Å². The number of benzene rings is 2. The molecule has 7 rings (SSSR count). The first-order valence-corrected chi connectivity index (χ1v) is 15.4. The summed E-state index contributed by atoms with van der Waals surface area (Å²) in [5.41, 5.74) is 3.12. The van der Waals surface area contributed by atoms with Crippen LogP contribution in [0.3, 0.4) is 0 Å². The Kier molecular flexibility index (Phi) is 6.37. The molecule has 2 atom stereocenters. The van der Waals surface area contributed by atoms with Crippen LogP contribution in [0.2, 0.25) is 0 Å². The number of aliphatic hydroxyl groups is 1. The van der Waals surface area contributed by atoms with E-state index in [0.29, 0.717) is 31.7 Å². The van der Waals surface area contributed by atoms with E-state index in [0.717, 1.165) is 64.6 Å². The van der Waals surface area contributed by atoms with Gasteiger partial charge in [0, 0.05) is 46.8 Å². The Morgan fingerprint density at radius 3 is 2.62 bits per heavy atom. The van der Waals surface area contributed by atoms with Gasteiger partial charge in [0.15, 0.2) is 0 Å². The van der Waals surface area contributed by atoms with E-state index in [2.05, 4.69) is 15.3 Å². The average Bonchev–Trinajstić information content (AvgIpc) is 3.67. The molecule has 4 aliphatic heterocycles. The van der Waals surface area contributed by atoms with Crippen molar-refractivity contribution in [3.05, 3.63) is 76.9 Å². The summed E-state index contributed by atoms with van der Waals surface area (Å²) in [7, 11) is -3.91. The van der Waals surface area contributed by atoms with E-state index in [9.17, 15) is 27.5 Å². The van der Waals surface area contributed by atoms with Crippen molar-refractivity contribution >= 4 is 21.8 Å². The SMILES string of the molecule is O=C1CCC(N2Cc3c(ccc4c3OCC43CCN(Cc4cnn(S(=O)(=O)c5ccc(F)cc5)c4)CC3)C2=O)C(O)N1. The second-order valence-corrected chi connectivity index (χ2v) is 13.3. The van der Waals surface area contributed by atoms with E-state index < -0.39 is 28.1 Å². The minimum Gasteiger partial charge on any atom is -0.492 e. The molecule has 3 aromatic rings. The van der Waals surface area contributed by atoms with Crippen molar-refractivity contribution < 1.29 is 32.2 Å². The molecule has 2 fully saturated rings. The third kappa shape index (κ3) is 4.38. The molecule has 2 N–H and O–H groups in total. The van der Waals surface area contributed by atoms with Crippen molar-refractivity contribution in [2.75, 3.05) is 19.7 Å². The monoisotopic (exact) mass is 595 g/mol. The second-order valence-electron chi connectivity index (χ2n) is 11.5. The normalized spacial score (nSPS) is 23.5. The van der Waals surface area contributed by atoms with Gasteiger partial charge in [0.1, 0.15) is 17.8 Å². The molecular formula is C29H30FN5O6S. The fourth-order valence-corrected chi connectivity index (χ4v) is 7.84. The van der Waals surface area contributed by atoms with Gasteiger partial charge in [0.05, 0.1) is 30.3 Å². The Morgan fingerprint density at radius 1 is 1.12 bits per heavy atom. The van der Waals surface area contributed by atoms with E-state index in [-0.39, 0.29) is 28.5 Å². The number of fused-ring (bicyclic) bond motifs is 4. The summed E-state index contributed by atoms with van der Waals surface area (Å²) in [6, 6.07) is 8.04. The number of hydrogen-bond acceptors (Lipinski definition) is 8. The zero-order valence-corrected chi connectivity index (χ0v) is 23.5. The number of hydrogen-bond donors (Lipinski definition) is 2. The molecule has 2 aromatic carbocycles. The highest BCUT2D eigenvalue weighted by Gasteiger charge is 2.47. The van der Waals surface area contributed by atoms with Crippen molar-refractivity contribution in [2.45, 2.75) is 61.4 Å². The fourth-order valence-electron chi connectivity index (χ4n) is 6.70. The van der Waals surface area contributed by atoms with Gasteiger partial charge in [0.2, 0.25) is 5.91 Å². The molecule has 0 bridgehead atoms. The van der Waals surface area contributed by atoms with Gasteiger partial charge in [-0.2, -0.15) is 17.6 Å². The molecule has 0 saturated carbocycles. The maximum atomic E-state index is 13.3. The van der Waals surface area contributed by atoms with Gasteiger partial charge in [-0.15, -0.1) is 0 Å². The number of aliphatic hydroxyl groups excluding tert-OH is 1. The van der Waals surface area contributed by atoms with Crippen LogP contribution in [0.5, 0.6) is 5.75 Å². The summed E-state index contributed by atoms with van der Waals surface area (Å²) in [5.74, 6) is -0.124. The Hall–Kier alpha value is -3.81. The van der Waals surface area contributed by atoms with Crippen LogP contribution in [-0.4, -0.2) is 76.3 Å². The molecule has 220 valence electrons. The van der Waals surface area contributed by atoms with Crippen LogP contribution in [0, 0.1) is 5.82 Å². The number of nitrogens with one attached hydrogen (secondary N) is 1. The van der Waals surface area contributed by atoms with Crippen molar-refractivity contribution in [3.8, 4) is 5.75 Å². The maximum Gasteiger partial charge on any atom is 0.282 e. The number of ether oxygens (including phenoxy) is 1. The minimum absolute atomic E-state index is 0.0312. The predicted molar refractivity (Wildman–Crippen MR) is 146 cm³/mol. The van der Waals surface area contributed by atoms with E-state index in [1.165, 1.54) is 18.3 Å². The number of nitrogens with zero attached hydrogens (tertiary/aromatic N) is 4. The molecule has 42 heavy (non-hydrogen) atoms. The van der Waals surface area contributed by atoms with Crippen LogP contribution >= 0.6 is 0 Å². The number of carbonyl (C=O) groups excluding carboxylic acids is 2. The van der Waals surface area contributed by atoms with Gasteiger partial charge in [-0.1, -0.05) is 6.07 Å². The molecule has 11 nitrogen and oxygen atoms in total. The zero-order valence-electron chi connectivity index (χ0n) is 22.7. The number of aromatic nitrogens is 2. The second kappa shape index (κ2) is 9.89. The number of amides is 2. The maximum absolute atomic E-state index is 13.3. The summed E-state index contributed by atoms with van der Waals surface area (Å²) in [6.07, 6.45) is 4.30. The summed E-state index contributed by atoms with van der Waals surface area (Å²) in [6.45, 7) is 2.94. The molecule has 4 aliphatic rings.